The lowest BCUT2D eigenvalue weighted by Crippen LogP contribution is -2.44. The maximum absolute atomic E-state index is 13.6. The molecule has 0 aliphatic rings. The number of aromatic nitrogens is 2. The third-order valence-electron chi connectivity index (χ3n) is 2.85. The van der Waals surface area contributed by atoms with E-state index in [0.717, 1.165) is 18.4 Å². The summed E-state index contributed by atoms with van der Waals surface area (Å²) in [6, 6.07) is 2.28. The van der Waals surface area contributed by atoms with Gasteiger partial charge in [-0.1, -0.05) is 11.2 Å². The molecule has 0 spiro atoms. The predicted octanol–water partition coefficient (Wildman–Crippen LogP) is 0.569. The Morgan fingerprint density at radius 2 is 1.96 bits per heavy atom. The van der Waals surface area contributed by atoms with E-state index in [2.05, 4.69) is 20.2 Å². The minimum Gasteiger partial charge on any atom is -0.347 e. The van der Waals surface area contributed by atoms with Crippen molar-refractivity contribution in [1.82, 2.24) is 20.2 Å². The van der Waals surface area contributed by atoms with Crippen LogP contribution in [-0.2, 0) is 21.4 Å². The lowest BCUT2D eigenvalue weighted by Gasteiger charge is -2.11. The summed E-state index contributed by atoms with van der Waals surface area (Å²) in [5.74, 6) is -2.73. The van der Waals surface area contributed by atoms with Crippen LogP contribution in [0.2, 0.25) is 0 Å². The second kappa shape index (κ2) is 7.01. The number of nitrogens with zero attached hydrogens (tertiary/aromatic N) is 2. The molecule has 24 heavy (non-hydrogen) atoms. The number of sulfonamides is 1. The Bertz CT molecular complexity index is 833. The molecule has 1 aromatic heterocycles. The second-order valence-corrected chi connectivity index (χ2v) is 6.72. The van der Waals surface area contributed by atoms with Crippen molar-refractivity contribution in [2.75, 3.05) is 6.26 Å². The molecular formula is C13H14F2N4O4S. The van der Waals surface area contributed by atoms with Gasteiger partial charge < -0.3 is 9.84 Å². The lowest BCUT2D eigenvalue weighted by atomic mass is 10.2. The van der Waals surface area contributed by atoms with Gasteiger partial charge in [0.25, 0.3) is 5.89 Å². The summed E-state index contributed by atoms with van der Waals surface area (Å²) in [7, 11) is -3.54. The molecule has 1 heterocycles. The van der Waals surface area contributed by atoms with Crippen molar-refractivity contribution >= 4 is 15.9 Å². The molecule has 1 amide bonds. The fourth-order valence-corrected chi connectivity index (χ4v) is 2.57. The van der Waals surface area contributed by atoms with Crippen LogP contribution >= 0.6 is 0 Å². The van der Waals surface area contributed by atoms with Crippen LogP contribution in [0.1, 0.15) is 12.7 Å². The molecule has 0 saturated heterocycles. The molecule has 0 aliphatic carbocycles. The average Bonchev–Trinajstić information content (AvgIpc) is 2.91. The van der Waals surface area contributed by atoms with Crippen LogP contribution in [0.5, 0.6) is 0 Å². The van der Waals surface area contributed by atoms with Crippen LogP contribution in [0, 0.1) is 11.6 Å². The zero-order chi connectivity index (χ0) is 17.9. The van der Waals surface area contributed by atoms with Crippen LogP contribution in [-0.4, -0.2) is 36.8 Å². The van der Waals surface area contributed by atoms with Crippen LogP contribution in [0.15, 0.2) is 22.7 Å². The first-order chi connectivity index (χ1) is 11.2. The van der Waals surface area contributed by atoms with Gasteiger partial charge in [0.2, 0.25) is 15.9 Å². The number of carbonyl (C=O) groups excluding carboxylic acids is 1. The third-order valence-corrected chi connectivity index (χ3v) is 3.63. The Labute approximate surface area is 136 Å². The van der Waals surface area contributed by atoms with Gasteiger partial charge in [-0.2, -0.15) is 4.98 Å². The van der Waals surface area contributed by atoms with E-state index in [-0.39, 0.29) is 18.3 Å². The minimum atomic E-state index is -3.54. The molecular weight excluding hydrogens is 346 g/mol. The molecule has 0 fully saturated rings. The van der Waals surface area contributed by atoms with Gasteiger partial charge in [-0.05, 0) is 19.1 Å². The highest BCUT2D eigenvalue weighted by Crippen LogP contribution is 2.24. The van der Waals surface area contributed by atoms with Crippen molar-refractivity contribution in [3.8, 4) is 11.5 Å². The summed E-state index contributed by atoms with van der Waals surface area (Å²) < 4.78 is 56.2. The molecule has 11 heteroatoms. The Hall–Kier alpha value is -2.40. The molecule has 2 N–H and O–H groups in total. The molecule has 8 nitrogen and oxygen atoms in total. The van der Waals surface area contributed by atoms with Crippen LogP contribution in [0.25, 0.3) is 11.5 Å². The molecule has 1 aromatic carbocycles. The number of hydrogen-bond donors (Lipinski definition) is 2. The van der Waals surface area contributed by atoms with Crippen molar-refractivity contribution in [1.29, 1.82) is 0 Å². The Morgan fingerprint density at radius 3 is 2.54 bits per heavy atom. The van der Waals surface area contributed by atoms with Gasteiger partial charge in [-0.3, -0.25) is 4.79 Å². The number of rotatable bonds is 6. The van der Waals surface area contributed by atoms with Crippen LogP contribution in [0.3, 0.4) is 0 Å². The van der Waals surface area contributed by atoms with Crippen molar-refractivity contribution in [3.63, 3.8) is 0 Å². The highest BCUT2D eigenvalue weighted by atomic mass is 32.2. The van der Waals surface area contributed by atoms with E-state index >= 15 is 0 Å². The largest absolute Gasteiger partial charge is 0.347 e. The first-order valence-electron chi connectivity index (χ1n) is 6.69. The van der Waals surface area contributed by atoms with E-state index in [1.165, 1.54) is 13.0 Å². The molecule has 0 aliphatic heterocycles. The zero-order valence-corrected chi connectivity index (χ0v) is 13.5. The van der Waals surface area contributed by atoms with E-state index in [0.29, 0.717) is 0 Å². The summed E-state index contributed by atoms with van der Waals surface area (Å²) in [5.41, 5.74) is -0.463. The number of hydrogen-bond acceptors (Lipinski definition) is 6. The predicted molar refractivity (Wildman–Crippen MR) is 78.9 cm³/mol. The Morgan fingerprint density at radius 1 is 1.33 bits per heavy atom. The quantitative estimate of drug-likeness (QED) is 0.778. The van der Waals surface area contributed by atoms with Gasteiger partial charge in [0.15, 0.2) is 5.82 Å². The van der Waals surface area contributed by atoms with E-state index < -0.39 is 39.2 Å². The van der Waals surface area contributed by atoms with Gasteiger partial charge in [0.1, 0.15) is 17.2 Å². The summed E-state index contributed by atoms with van der Waals surface area (Å²) in [5, 5.41) is 5.88. The third kappa shape index (κ3) is 4.55. The number of carbonyl (C=O) groups is 1. The van der Waals surface area contributed by atoms with Crippen molar-refractivity contribution in [2.24, 2.45) is 0 Å². The zero-order valence-electron chi connectivity index (χ0n) is 12.7. The van der Waals surface area contributed by atoms with Gasteiger partial charge >= 0.3 is 0 Å². The fourth-order valence-electron chi connectivity index (χ4n) is 1.82. The van der Waals surface area contributed by atoms with E-state index in [1.54, 1.807) is 0 Å². The topological polar surface area (TPSA) is 114 Å². The highest BCUT2D eigenvalue weighted by Gasteiger charge is 2.20. The number of halogens is 2. The SMILES string of the molecule is C[C@@H](NS(C)(=O)=O)C(=O)NCc1noc(-c2c(F)cccc2F)n1. The summed E-state index contributed by atoms with van der Waals surface area (Å²) >= 11 is 0. The number of nitrogens with one attached hydrogen (secondary N) is 2. The average molecular weight is 360 g/mol. The monoisotopic (exact) mass is 360 g/mol. The summed E-state index contributed by atoms with van der Waals surface area (Å²) in [4.78, 5) is 15.5. The van der Waals surface area contributed by atoms with Crippen LogP contribution < -0.4 is 10.0 Å². The molecule has 0 saturated carbocycles. The number of amides is 1. The first-order valence-corrected chi connectivity index (χ1v) is 8.58. The molecule has 130 valence electrons. The second-order valence-electron chi connectivity index (χ2n) is 4.94. The van der Waals surface area contributed by atoms with Crippen molar-refractivity contribution in [3.05, 3.63) is 35.7 Å². The van der Waals surface area contributed by atoms with Crippen molar-refractivity contribution < 1.29 is 26.5 Å². The Kier molecular flexibility index (Phi) is 5.24. The van der Waals surface area contributed by atoms with E-state index in [9.17, 15) is 22.0 Å². The smallest absolute Gasteiger partial charge is 0.263 e. The van der Waals surface area contributed by atoms with Crippen LogP contribution in [0.4, 0.5) is 8.78 Å². The van der Waals surface area contributed by atoms with Gasteiger partial charge in [-0.25, -0.2) is 21.9 Å². The minimum absolute atomic E-state index is 0.0208. The van der Waals surface area contributed by atoms with Gasteiger partial charge in [0.05, 0.1) is 18.8 Å². The molecule has 0 bridgehead atoms. The lowest BCUT2D eigenvalue weighted by molar-refractivity contribution is -0.122. The highest BCUT2D eigenvalue weighted by molar-refractivity contribution is 7.88. The molecule has 2 aromatic rings. The summed E-state index contributed by atoms with van der Waals surface area (Å²) in [6.07, 6.45) is 0.922. The molecule has 0 unspecified atom stereocenters. The van der Waals surface area contributed by atoms with E-state index in [1.807, 2.05) is 0 Å². The van der Waals surface area contributed by atoms with E-state index in [4.69, 9.17) is 4.52 Å². The molecule has 2 rings (SSSR count). The first kappa shape index (κ1) is 17.9. The fraction of sp³-hybridized carbons (Fsp3) is 0.308. The Balaban J connectivity index is 2.03. The number of benzene rings is 1. The van der Waals surface area contributed by atoms with Gasteiger partial charge in [-0.15, -0.1) is 0 Å². The van der Waals surface area contributed by atoms with Crippen molar-refractivity contribution in [2.45, 2.75) is 19.5 Å². The molecule has 0 radical (unpaired) electrons. The molecule has 1 atom stereocenters. The maximum Gasteiger partial charge on any atom is 0.263 e. The maximum atomic E-state index is 13.6. The summed E-state index contributed by atoms with van der Waals surface area (Å²) in [6.45, 7) is 1.15. The normalized spacial score (nSPS) is 12.8. The standard InChI is InChI=1S/C13H14F2N4O4S/c1-7(19-24(2,21)22)12(20)16-6-10-17-13(23-18-10)11-8(14)4-3-5-9(11)15/h3-5,7,19H,6H2,1-2H3,(H,16,20)/t7-/m1/s1. The van der Waals surface area contributed by atoms with Gasteiger partial charge in [0, 0.05) is 0 Å².